The fourth-order valence-electron chi connectivity index (χ4n) is 3.70. The van der Waals surface area contributed by atoms with Crippen molar-refractivity contribution in [3.8, 4) is 0 Å². The van der Waals surface area contributed by atoms with Crippen LogP contribution in [0.25, 0.3) is 0 Å². The zero-order valence-corrected chi connectivity index (χ0v) is 18.3. The molecule has 0 aliphatic heterocycles. The van der Waals surface area contributed by atoms with Crippen molar-refractivity contribution in [2.75, 3.05) is 0 Å². The minimum Gasteiger partial charge on any atom is -0.411 e. The van der Waals surface area contributed by atoms with Crippen LogP contribution in [0.15, 0.2) is 17.5 Å². The molecule has 0 spiro atoms. The van der Waals surface area contributed by atoms with E-state index in [-0.39, 0.29) is 0 Å². The molecule has 1 aromatic heterocycles. The summed E-state index contributed by atoms with van der Waals surface area (Å²) in [6, 6.07) is 0. The molecule has 1 rings (SSSR count). The molecule has 1 N–H and O–H groups in total. The van der Waals surface area contributed by atoms with Crippen LogP contribution in [-0.2, 0) is 13.1 Å². The maximum absolute atomic E-state index is 8.81. The number of rotatable bonds is 17. The normalized spacial score (nSPS) is 12.0. The highest BCUT2D eigenvalue weighted by atomic mass is 16.4. The predicted molar refractivity (Wildman–Crippen MR) is 115 cm³/mol. The molecule has 0 radical (unpaired) electrons. The van der Waals surface area contributed by atoms with E-state index in [2.05, 4.69) is 40.5 Å². The number of hydrogen-bond donors (Lipinski definition) is 1. The Labute approximate surface area is 167 Å². The number of unbranched alkanes of at least 4 members (excludes halogenated alkanes) is 13. The maximum atomic E-state index is 8.81. The first kappa shape index (κ1) is 23.7. The highest BCUT2D eigenvalue weighted by molar-refractivity contribution is 5.79. The molecule has 1 aromatic rings. The second kappa shape index (κ2) is 15.7. The van der Waals surface area contributed by atoms with Gasteiger partial charge in [0.2, 0.25) is 0 Å². The topological polar surface area (TPSA) is 41.4 Å². The van der Waals surface area contributed by atoms with Gasteiger partial charge in [-0.3, -0.25) is 0 Å². The molecule has 0 bridgehead atoms. The first-order valence-electron chi connectivity index (χ1n) is 11.4. The Bertz CT molecular complexity index is 508. The molecule has 0 aromatic carbocycles. The summed E-state index contributed by atoms with van der Waals surface area (Å²) >= 11 is 0. The zero-order chi connectivity index (χ0) is 19.7. The van der Waals surface area contributed by atoms with Gasteiger partial charge in [-0.2, -0.15) is 0 Å². The molecule has 27 heavy (non-hydrogen) atoms. The lowest BCUT2D eigenvalue weighted by atomic mass is 10.0. The summed E-state index contributed by atoms with van der Waals surface area (Å²) in [6.07, 6.45) is 23.8. The summed E-state index contributed by atoms with van der Waals surface area (Å²) in [5.74, 6) is 1.23. The van der Waals surface area contributed by atoms with Gasteiger partial charge in [0.1, 0.15) is 18.9 Å². The van der Waals surface area contributed by atoms with Gasteiger partial charge in [0.25, 0.3) is 5.82 Å². The highest BCUT2D eigenvalue weighted by Gasteiger charge is 2.12. The second-order valence-electron chi connectivity index (χ2n) is 8.10. The molecule has 0 aliphatic carbocycles. The van der Waals surface area contributed by atoms with Gasteiger partial charge in [-0.1, -0.05) is 89.1 Å². The first-order chi connectivity index (χ1) is 13.2. The Morgan fingerprint density at radius 2 is 1.37 bits per heavy atom. The van der Waals surface area contributed by atoms with Crippen molar-refractivity contribution in [2.45, 2.75) is 124 Å². The van der Waals surface area contributed by atoms with Crippen molar-refractivity contribution in [3.63, 3.8) is 0 Å². The molecule has 0 aliphatic rings. The van der Waals surface area contributed by atoms with Gasteiger partial charge in [-0.15, -0.1) is 0 Å². The minimum absolute atomic E-state index is 0.661. The fraction of sp³-hybridized carbons (Fsp3) is 0.826. The van der Waals surface area contributed by atoms with Crippen LogP contribution in [-0.4, -0.2) is 15.5 Å². The van der Waals surface area contributed by atoms with Crippen molar-refractivity contribution in [1.82, 2.24) is 4.57 Å². The molecule has 4 heteroatoms. The first-order valence-corrected chi connectivity index (χ1v) is 11.4. The fourth-order valence-corrected chi connectivity index (χ4v) is 3.70. The van der Waals surface area contributed by atoms with Gasteiger partial charge in [-0.25, -0.2) is 9.13 Å². The largest absolute Gasteiger partial charge is 0.411 e. The van der Waals surface area contributed by atoms with Gasteiger partial charge in [0.05, 0.1) is 12.3 Å². The van der Waals surface area contributed by atoms with E-state index in [1.807, 2.05) is 6.92 Å². The molecule has 0 saturated carbocycles. The number of aryl methyl sites for hydroxylation is 1. The lowest BCUT2D eigenvalue weighted by Crippen LogP contribution is -2.38. The lowest BCUT2D eigenvalue weighted by Gasteiger charge is -2.03. The van der Waals surface area contributed by atoms with Crippen molar-refractivity contribution in [2.24, 2.45) is 5.16 Å². The second-order valence-corrected chi connectivity index (χ2v) is 8.10. The molecule has 4 nitrogen and oxygen atoms in total. The summed E-state index contributed by atoms with van der Waals surface area (Å²) < 4.78 is 4.45. The Kier molecular flexibility index (Phi) is 13.8. The third kappa shape index (κ3) is 11.2. The number of oxime groups is 1. The van der Waals surface area contributed by atoms with Crippen molar-refractivity contribution in [3.05, 3.63) is 18.2 Å². The smallest absolute Gasteiger partial charge is 0.253 e. The molecule has 0 atom stereocenters. The summed E-state index contributed by atoms with van der Waals surface area (Å²) in [6.45, 7) is 8.01. The molecule has 1 heterocycles. The minimum atomic E-state index is 0.661. The predicted octanol–water partition coefficient (Wildman–Crippen LogP) is 6.42. The van der Waals surface area contributed by atoms with Crippen LogP contribution in [0.4, 0.5) is 0 Å². The van der Waals surface area contributed by atoms with E-state index >= 15 is 0 Å². The summed E-state index contributed by atoms with van der Waals surface area (Å²) in [5, 5.41) is 12.1. The van der Waals surface area contributed by atoms with Crippen molar-refractivity contribution < 1.29 is 9.77 Å². The summed E-state index contributed by atoms with van der Waals surface area (Å²) in [7, 11) is 0. The average molecular weight is 379 g/mol. The summed E-state index contributed by atoms with van der Waals surface area (Å²) in [4.78, 5) is 0. The van der Waals surface area contributed by atoms with Crippen LogP contribution in [0.1, 0.15) is 110 Å². The van der Waals surface area contributed by atoms with Crippen LogP contribution in [0.3, 0.4) is 0 Å². The Morgan fingerprint density at radius 3 is 1.85 bits per heavy atom. The quantitative estimate of drug-likeness (QED) is 0.110. The zero-order valence-electron chi connectivity index (χ0n) is 18.3. The lowest BCUT2D eigenvalue weighted by molar-refractivity contribution is -0.687. The molecule has 0 saturated heterocycles. The van der Waals surface area contributed by atoms with Crippen LogP contribution in [0.2, 0.25) is 0 Å². The number of hydrogen-bond acceptors (Lipinski definition) is 2. The monoisotopic (exact) mass is 378 g/mol. The Balaban J connectivity index is 1.95. The number of aromatic nitrogens is 2. The van der Waals surface area contributed by atoms with E-state index in [9.17, 15) is 0 Å². The summed E-state index contributed by atoms with van der Waals surface area (Å²) in [5.41, 5.74) is 0.734. The van der Waals surface area contributed by atoms with E-state index < -0.39 is 0 Å². The number of nitrogens with zero attached hydrogens (tertiary/aromatic N) is 3. The van der Waals surface area contributed by atoms with E-state index in [1.165, 1.54) is 95.7 Å². The highest BCUT2D eigenvalue weighted by Crippen LogP contribution is 2.13. The standard InChI is InChI=1S/C23H43N3O/c1-4-5-6-7-8-9-10-11-12-13-14-15-16-17-18-25-19-20-26(23(25)3)21-22(2)24-27/h19-20H,4-18,21H2,1-3H3/p+1. The van der Waals surface area contributed by atoms with E-state index in [1.54, 1.807) is 0 Å². The third-order valence-corrected chi connectivity index (χ3v) is 5.58. The van der Waals surface area contributed by atoms with Gasteiger partial charge in [-0.05, 0) is 19.8 Å². The van der Waals surface area contributed by atoms with Gasteiger partial charge >= 0.3 is 0 Å². The van der Waals surface area contributed by atoms with Crippen LogP contribution >= 0.6 is 0 Å². The molecule has 156 valence electrons. The average Bonchev–Trinajstić information content (AvgIpc) is 3.01. The molecular weight excluding hydrogens is 334 g/mol. The van der Waals surface area contributed by atoms with E-state index in [0.717, 1.165) is 12.3 Å². The van der Waals surface area contributed by atoms with Gasteiger partial charge < -0.3 is 5.21 Å². The van der Waals surface area contributed by atoms with Crippen LogP contribution in [0, 0.1) is 6.92 Å². The van der Waals surface area contributed by atoms with E-state index in [0.29, 0.717) is 6.54 Å². The Hall–Kier alpha value is -1.32. The van der Waals surface area contributed by atoms with Gasteiger partial charge in [0, 0.05) is 6.92 Å². The van der Waals surface area contributed by atoms with E-state index in [4.69, 9.17) is 5.21 Å². The van der Waals surface area contributed by atoms with Crippen molar-refractivity contribution in [1.29, 1.82) is 0 Å². The Morgan fingerprint density at radius 1 is 0.889 bits per heavy atom. The van der Waals surface area contributed by atoms with Crippen LogP contribution < -0.4 is 4.57 Å². The molecule has 0 amide bonds. The third-order valence-electron chi connectivity index (χ3n) is 5.58. The maximum Gasteiger partial charge on any atom is 0.253 e. The SMILES string of the molecule is CCCCCCCCCCCCCCCCn1cc[n+](CC(C)=NO)c1C. The van der Waals surface area contributed by atoms with Gasteiger partial charge in [0.15, 0.2) is 0 Å². The molecular formula is C23H44N3O+. The van der Waals surface area contributed by atoms with Crippen LogP contribution in [0.5, 0.6) is 0 Å². The number of imidazole rings is 1. The van der Waals surface area contributed by atoms with Crippen molar-refractivity contribution >= 4 is 5.71 Å². The molecule has 0 unspecified atom stereocenters. The molecule has 0 fully saturated rings.